The van der Waals surface area contributed by atoms with Gasteiger partial charge in [0.1, 0.15) is 0 Å². The molecule has 2 aliphatic rings. The van der Waals surface area contributed by atoms with E-state index in [4.69, 9.17) is 4.74 Å². The van der Waals surface area contributed by atoms with Crippen LogP contribution in [0.4, 0.5) is 5.69 Å². The lowest BCUT2D eigenvalue weighted by Gasteiger charge is -2.43. The first kappa shape index (κ1) is 14.4. The maximum absolute atomic E-state index is 5.93. The standard InChI is InChI=1S/C16H23BrN2O/c17-13-5-1-2-6-14(13)18-9-10-19-11-12-20-16-8-4-3-7-15(16)19/h1-2,5-6,15-16,18H,3-4,7-12H2. The van der Waals surface area contributed by atoms with Crippen molar-refractivity contribution in [1.82, 2.24) is 4.90 Å². The Morgan fingerprint density at radius 3 is 3.00 bits per heavy atom. The second kappa shape index (κ2) is 6.92. The van der Waals surface area contributed by atoms with Crippen LogP contribution in [0.3, 0.4) is 0 Å². The third-order valence-electron chi connectivity index (χ3n) is 4.44. The summed E-state index contributed by atoms with van der Waals surface area (Å²) < 4.78 is 7.06. The fourth-order valence-electron chi connectivity index (χ4n) is 3.39. The minimum Gasteiger partial charge on any atom is -0.383 e. The second-order valence-electron chi connectivity index (χ2n) is 5.70. The van der Waals surface area contributed by atoms with E-state index in [1.54, 1.807) is 0 Å². The molecule has 0 amide bonds. The normalized spacial score (nSPS) is 27.1. The molecule has 110 valence electrons. The highest BCUT2D eigenvalue weighted by Gasteiger charge is 2.33. The lowest BCUT2D eigenvalue weighted by molar-refractivity contribution is -0.0865. The Bertz CT molecular complexity index is 438. The molecule has 0 radical (unpaired) electrons. The van der Waals surface area contributed by atoms with E-state index in [9.17, 15) is 0 Å². The van der Waals surface area contributed by atoms with E-state index in [-0.39, 0.29) is 0 Å². The number of ether oxygens (including phenoxy) is 1. The van der Waals surface area contributed by atoms with E-state index in [1.165, 1.54) is 31.4 Å². The molecule has 1 heterocycles. The predicted molar refractivity (Wildman–Crippen MR) is 86.2 cm³/mol. The quantitative estimate of drug-likeness (QED) is 0.909. The topological polar surface area (TPSA) is 24.5 Å². The first-order chi connectivity index (χ1) is 9.84. The molecule has 2 atom stereocenters. The van der Waals surface area contributed by atoms with Gasteiger partial charge in [-0.05, 0) is 40.9 Å². The van der Waals surface area contributed by atoms with E-state index >= 15 is 0 Å². The van der Waals surface area contributed by atoms with Gasteiger partial charge in [-0.25, -0.2) is 0 Å². The largest absolute Gasteiger partial charge is 0.383 e. The lowest BCUT2D eigenvalue weighted by Crippen LogP contribution is -2.53. The van der Waals surface area contributed by atoms with Crippen LogP contribution >= 0.6 is 15.9 Å². The van der Waals surface area contributed by atoms with Gasteiger partial charge in [-0.2, -0.15) is 0 Å². The third-order valence-corrected chi connectivity index (χ3v) is 5.13. The van der Waals surface area contributed by atoms with Crippen molar-refractivity contribution in [2.45, 2.75) is 37.8 Å². The maximum Gasteiger partial charge on any atom is 0.0730 e. The molecule has 0 aromatic heterocycles. The molecule has 1 saturated heterocycles. The van der Waals surface area contributed by atoms with Crippen LogP contribution in [0.1, 0.15) is 25.7 Å². The van der Waals surface area contributed by atoms with E-state index in [0.717, 1.165) is 30.7 Å². The maximum atomic E-state index is 5.93. The highest BCUT2D eigenvalue weighted by molar-refractivity contribution is 9.10. The summed E-state index contributed by atoms with van der Waals surface area (Å²) in [5.74, 6) is 0. The van der Waals surface area contributed by atoms with Crippen LogP contribution in [0.25, 0.3) is 0 Å². The predicted octanol–water partition coefficient (Wildman–Crippen LogP) is 3.50. The van der Waals surface area contributed by atoms with Crippen molar-refractivity contribution in [2.24, 2.45) is 0 Å². The van der Waals surface area contributed by atoms with Crippen molar-refractivity contribution >= 4 is 21.6 Å². The van der Waals surface area contributed by atoms with E-state index in [2.05, 4.69) is 44.3 Å². The zero-order chi connectivity index (χ0) is 13.8. The van der Waals surface area contributed by atoms with Crippen molar-refractivity contribution in [2.75, 3.05) is 31.6 Å². The summed E-state index contributed by atoms with van der Waals surface area (Å²) in [6.07, 6.45) is 5.74. The number of hydrogen-bond donors (Lipinski definition) is 1. The van der Waals surface area contributed by atoms with Gasteiger partial charge in [-0.1, -0.05) is 25.0 Å². The molecule has 0 bridgehead atoms. The van der Waals surface area contributed by atoms with Crippen LogP contribution in [0.2, 0.25) is 0 Å². The molecule has 1 aliphatic heterocycles. The number of anilines is 1. The average Bonchev–Trinajstić information content (AvgIpc) is 2.49. The zero-order valence-electron chi connectivity index (χ0n) is 11.9. The first-order valence-corrected chi connectivity index (χ1v) is 8.48. The number of para-hydroxylation sites is 1. The SMILES string of the molecule is Brc1ccccc1NCCN1CCOC2CCCCC21. The average molecular weight is 339 g/mol. The van der Waals surface area contributed by atoms with Crippen molar-refractivity contribution in [1.29, 1.82) is 0 Å². The van der Waals surface area contributed by atoms with Crippen molar-refractivity contribution < 1.29 is 4.74 Å². The number of halogens is 1. The molecule has 4 heteroatoms. The van der Waals surface area contributed by atoms with Gasteiger partial charge in [-0.15, -0.1) is 0 Å². The Hall–Kier alpha value is -0.580. The van der Waals surface area contributed by atoms with E-state index in [1.807, 2.05) is 6.07 Å². The molecule has 1 aliphatic carbocycles. The first-order valence-electron chi connectivity index (χ1n) is 7.68. The van der Waals surface area contributed by atoms with Gasteiger partial charge in [0.25, 0.3) is 0 Å². The van der Waals surface area contributed by atoms with Crippen LogP contribution in [0, 0.1) is 0 Å². The van der Waals surface area contributed by atoms with Crippen molar-refractivity contribution in [3.63, 3.8) is 0 Å². The zero-order valence-corrected chi connectivity index (χ0v) is 13.4. The van der Waals surface area contributed by atoms with Gasteiger partial charge in [0.15, 0.2) is 0 Å². The smallest absolute Gasteiger partial charge is 0.0730 e. The molecule has 1 N–H and O–H groups in total. The van der Waals surface area contributed by atoms with Crippen LogP contribution in [0.15, 0.2) is 28.7 Å². The van der Waals surface area contributed by atoms with Crippen molar-refractivity contribution in [3.8, 4) is 0 Å². The van der Waals surface area contributed by atoms with Gasteiger partial charge in [-0.3, -0.25) is 4.90 Å². The summed E-state index contributed by atoms with van der Waals surface area (Å²) >= 11 is 3.58. The van der Waals surface area contributed by atoms with E-state index < -0.39 is 0 Å². The summed E-state index contributed by atoms with van der Waals surface area (Å²) in [5, 5.41) is 3.53. The third kappa shape index (κ3) is 3.35. The molecule has 1 aromatic carbocycles. The summed E-state index contributed by atoms with van der Waals surface area (Å²) in [7, 11) is 0. The van der Waals surface area contributed by atoms with Crippen LogP contribution < -0.4 is 5.32 Å². The molecule has 2 unspecified atom stereocenters. The number of morpholine rings is 1. The van der Waals surface area contributed by atoms with E-state index in [0.29, 0.717) is 12.1 Å². The molecule has 1 saturated carbocycles. The Labute approximate surface area is 129 Å². The van der Waals surface area contributed by atoms with Crippen LogP contribution in [0.5, 0.6) is 0 Å². The monoisotopic (exact) mass is 338 g/mol. The van der Waals surface area contributed by atoms with Crippen molar-refractivity contribution in [3.05, 3.63) is 28.7 Å². The summed E-state index contributed by atoms with van der Waals surface area (Å²) in [6, 6.07) is 8.96. The van der Waals surface area contributed by atoms with Gasteiger partial charge < -0.3 is 10.1 Å². The molecule has 20 heavy (non-hydrogen) atoms. The van der Waals surface area contributed by atoms with Crippen LogP contribution in [-0.4, -0.2) is 43.3 Å². The minimum atomic E-state index is 0.487. The van der Waals surface area contributed by atoms with Gasteiger partial charge in [0, 0.05) is 35.8 Å². The number of rotatable bonds is 4. The highest BCUT2D eigenvalue weighted by Crippen LogP contribution is 2.28. The Balaban J connectivity index is 1.51. The summed E-state index contributed by atoms with van der Waals surface area (Å²) in [5.41, 5.74) is 1.18. The Morgan fingerprint density at radius 2 is 2.10 bits per heavy atom. The summed E-state index contributed by atoms with van der Waals surface area (Å²) in [4.78, 5) is 2.62. The second-order valence-corrected chi connectivity index (χ2v) is 6.56. The van der Waals surface area contributed by atoms with Gasteiger partial charge in [0.2, 0.25) is 0 Å². The van der Waals surface area contributed by atoms with Crippen LogP contribution in [-0.2, 0) is 4.74 Å². The molecule has 1 aromatic rings. The number of fused-ring (bicyclic) bond motifs is 1. The molecular weight excluding hydrogens is 316 g/mol. The molecule has 0 spiro atoms. The fourth-order valence-corrected chi connectivity index (χ4v) is 3.82. The number of nitrogens with zero attached hydrogens (tertiary/aromatic N) is 1. The highest BCUT2D eigenvalue weighted by atomic mass is 79.9. The molecule has 3 nitrogen and oxygen atoms in total. The Kier molecular flexibility index (Phi) is 4.97. The summed E-state index contributed by atoms with van der Waals surface area (Å²) in [6.45, 7) is 4.08. The minimum absolute atomic E-state index is 0.487. The number of nitrogens with one attached hydrogen (secondary N) is 1. The number of hydrogen-bond acceptors (Lipinski definition) is 3. The molecule has 3 rings (SSSR count). The van der Waals surface area contributed by atoms with Gasteiger partial charge in [0.05, 0.1) is 12.7 Å². The number of benzene rings is 1. The lowest BCUT2D eigenvalue weighted by atomic mass is 9.90. The Morgan fingerprint density at radius 1 is 1.25 bits per heavy atom. The van der Waals surface area contributed by atoms with Gasteiger partial charge >= 0.3 is 0 Å². The molecule has 2 fully saturated rings. The fraction of sp³-hybridized carbons (Fsp3) is 0.625. The molecular formula is C16H23BrN2O.